The Bertz CT molecular complexity index is 468. The van der Waals surface area contributed by atoms with Crippen molar-refractivity contribution in [3.05, 3.63) is 28.2 Å². The van der Waals surface area contributed by atoms with E-state index in [1.807, 2.05) is 6.07 Å². The number of ether oxygens (including phenoxy) is 1. The van der Waals surface area contributed by atoms with Gasteiger partial charge in [0.05, 0.1) is 11.6 Å². The predicted octanol–water partition coefficient (Wildman–Crippen LogP) is 2.20. The molecule has 1 N–H and O–H groups in total. The Kier molecular flexibility index (Phi) is 6.05. The molecule has 1 aliphatic rings. The normalized spacial score (nSPS) is 23.5. The smallest absolute Gasteiger partial charge is 0.133 e. The maximum atomic E-state index is 9.63. The van der Waals surface area contributed by atoms with Crippen molar-refractivity contribution in [3.63, 3.8) is 0 Å². The number of halogens is 1. The van der Waals surface area contributed by atoms with Crippen LogP contribution in [-0.4, -0.2) is 61.8 Å². The standard InChI is InChI=1S/C16H25BrN2O2/c1-18(2)15-6-7-19(10-13(15)11-20)9-12-4-5-16(21-3)14(17)8-12/h4-5,8,13,15,20H,6-7,9-11H2,1-3H3/t13-,15-/m1/s1. The van der Waals surface area contributed by atoms with Gasteiger partial charge in [-0.1, -0.05) is 6.07 Å². The van der Waals surface area contributed by atoms with E-state index in [1.54, 1.807) is 7.11 Å². The van der Waals surface area contributed by atoms with Gasteiger partial charge in [0.25, 0.3) is 0 Å². The summed E-state index contributed by atoms with van der Waals surface area (Å²) in [6.07, 6.45) is 1.11. The number of aliphatic hydroxyl groups is 1. The van der Waals surface area contributed by atoms with Crippen molar-refractivity contribution in [2.75, 3.05) is 40.9 Å². The van der Waals surface area contributed by atoms with Crippen molar-refractivity contribution in [1.82, 2.24) is 9.80 Å². The lowest BCUT2D eigenvalue weighted by Crippen LogP contribution is -2.49. The van der Waals surface area contributed by atoms with Crippen LogP contribution in [0, 0.1) is 5.92 Å². The van der Waals surface area contributed by atoms with Gasteiger partial charge in [0.15, 0.2) is 0 Å². The quantitative estimate of drug-likeness (QED) is 0.877. The minimum atomic E-state index is 0.256. The van der Waals surface area contributed by atoms with Gasteiger partial charge in [-0.25, -0.2) is 0 Å². The lowest BCUT2D eigenvalue weighted by Gasteiger charge is -2.41. The average Bonchev–Trinajstić information content (AvgIpc) is 2.47. The van der Waals surface area contributed by atoms with Crippen LogP contribution in [0.2, 0.25) is 0 Å². The van der Waals surface area contributed by atoms with E-state index in [-0.39, 0.29) is 6.61 Å². The molecular formula is C16H25BrN2O2. The van der Waals surface area contributed by atoms with Crippen LogP contribution >= 0.6 is 15.9 Å². The first-order chi connectivity index (χ1) is 10.0. The lowest BCUT2D eigenvalue weighted by molar-refractivity contribution is 0.0454. The van der Waals surface area contributed by atoms with E-state index in [0.717, 1.165) is 36.3 Å². The van der Waals surface area contributed by atoms with Crippen molar-refractivity contribution in [2.24, 2.45) is 5.92 Å². The van der Waals surface area contributed by atoms with E-state index in [9.17, 15) is 5.11 Å². The van der Waals surface area contributed by atoms with Crippen molar-refractivity contribution >= 4 is 15.9 Å². The Hall–Kier alpha value is -0.620. The Morgan fingerprint density at radius 3 is 2.76 bits per heavy atom. The van der Waals surface area contributed by atoms with Crippen LogP contribution in [0.15, 0.2) is 22.7 Å². The minimum absolute atomic E-state index is 0.256. The summed E-state index contributed by atoms with van der Waals surface area (Å²) in [5, 5.41) is 9.63. The molecular weight excluding hydrogens is 332 g/mol. The van der Waals surface area contributed by atoms with Crippen LogP contribution in [-0.2, 0) is 6.54 Å². The van der Waals surface area contributed by atoms with Gasteiger partial charge in [-0.2, -0.15) is 0 Å². The van der Waals surface area contributed by atoms with Crippen LogP contribution < -0.4 is 4.74 Å². The fraction of sp³-hybridized carbons (Fsp3) is 0.625. The molecule has 5 heteroatoms. The van der Waals surface area contributed by atoms with Crippen molar-refractivity contribution in [2.45, 2.75) is 19.0 Å². The highest BCUT2D eigenvalue weighted by Crippen LogP contribution is 2.27. The minimum Gasteiger partial charge on any atom is -0.496 e. The molecule has 0 saturated carbocycles. The Labute approximate surface area is 135 Å². The third kappa shape index (κ3) is 4.19. The summed E-state index contributed by atoms with van der Waals surface area (Å²) in [7, 11) is 5.88. The molecule has 1 saturated heterocycles. The van der Waals surface area contributed by atoms with E-state index in [2.05, 4.69) is 52.0 Å². The number of piperidine rings is 1. The molecule has 0 amide bonds. The number of hydrogen-bond donors (Lipinski definition) is 1. The molecule has 1 aromatic carbocycles. The number of hydrogen-bond acceptors (Lipinski definition) is 4. The van der Waals surface area contributed by atoms with E-state index < -0.39 is 0 Å². The maximum Gasteiger partial charge on any atom is 0.133 e. The molecule has 1 fully saturated rings. The second-order valence-corrected chi connectivity index (χ2v) is 6.82. The topological polar surface area (TPSA) is 35.9 Å². The molecule has 118 valence electrons. The summed E-state index contributed by atoms with van der Waals surface area (Å²) in [5.74, 6) is 1.19. The molecule has 21 heavy (non-hydrogen) atoms. The fourth-order valence-electron chi connectivity index (χ4n) is 3.16. The molecule has 1 aliphatic heterocycles. The molecule has 0 spiro atoms. The Morgan fingerprint density at radius 1 is 1.43 bits per heavy atom. The number of nitrogens with zero attached hydrogens (tertiary/aromatic N) is 2. The zero-order valence-corrected chi connectivity index (χ0v) is 14.6. The van der Waals surface area contributed by atoms with E-state index in [1.165, 1.54) is 5.56 Å². The zero-order valence-electron chi connectivity index (χ0n) is 13.1. The summed E-state index contributed by atoms with van der Waals surface area (Å²) in [6, 6.07) is 6.70. The molecule has 1 heterocycles. The molecule has 0 radical (unpaired) electrons. The molecule has 2 atom stereocenters. The highest BCUT2D eigenvalue weighted by Gasteiger charge is 2.29. The molecule has 0 aromatic heterocycles. The summed E-state index contributed by atoms with van der Waals surface area (Å²) >= 11 is 3.54. The number of benzene rings is 1. The van der Waals surface area contributed by atoms with Crippen molar-refractivity contribution < 1.29 is 9.84 Å². The van der Waals surface area contributed by atoms with Gasteiger partial charge < -0.3 is 14.7 Å². The number of rotatable bonds is 5. The van der Waals surface area contributed by atoms with Crippen LogP contribution in [0.1, 0.15) is 12.0 Å². The van der Waals surface area contributed by atoms with E-state index >= 15 is 0 Å². The molecule has 1 aromatic rings. The van der Waals surface area contributed by atoms with Gasteiger partial charge in [-0.15, -0.1) is 0 Å². The molecule has 0 unspecified atom stereocenters. The Balaban J connectivity index is 1.99. The lowest BCUT2D eigenvalue weighted by atomic mass is 9.91. The van der Waals surface area contributed by atoms with Gasteiger partial charge in [-0.05, 0) is 60.7 Å². The van der Waals surface area contributed by atoms with Crippen LogP contribution in [0.4, 0.5) is 0 Å². The molecule has 0 bridgehead atoms. The van der Waals surface area contributed by atoms with Gasteiger partial charge >= 0.3 is 0 Å². The number of aliphatic hydroxyl groups excluding tert-OH is 1. The first-order valence-corrected chi connectivity index (χ1v) is 8.16. The fourth-order valence-corrected chi connectivity index (χ4v) is 3.75. The van der Waals surface area contributed by atoms with Crippen LogP contribution in [0.3, 0.4) is 0 Å². The highest BCUT2D eigenvalue weighted by atomic mass is 79.9. The maximum absolute atomic E-state index is 9.63. The van der Waals surface area contributed by atoms with Gasteiger partial charge in [0.2, 0.25) is 0 Å². The highest BCUT2D eigenvalue weighted by molar-refractivity contribution is 9.10. The Morgan fingerprint density at radius 2 is 2.19 bits per heavy atom. The monoisotopic (exact) mass is 356 g/mol. The van der Waals surface area contributed by atoms with Gasteiger partial charge in [-0.3, -0.25) is 4.90 Å². The second kappa shape index (κ2) is 7.58. The first-order valence-electron chi connectivity index (χ1n) is 7.37. The predicted molar refractivity (Wildman–Crippen MR) is 88.6 cm³/mol. The third-order valence-electron chi connectivity index (χ3n) is 4.30. The second-order valence-electron chi connectivity index (χ2n) is 5.97. The van der Waals surface area contributed by atoms with E-state index in [4.69, 9.17) is 4.74 Å². The van der Waals surface area contributed by atoms with Gasteiger partial charge in [0, 0.05) is 31.7 Å². The first kappa shape index (κ1) is 16.7. The summed E-state index contributed by atoms with van der Waals surface area (Å²) < 4.78 is 6.26. The summed E-state index contributed by atoms with van der Waals surface area (Å²) in [5.41, 5.74) is 1.27. The number of methoxy groups -OCH3 is 1. The third-order valence-corrected chi connectivity index (χ3v) is 4.92. The summed E-state index contributed by atoms with van der Waals surface area (Å²) in [4.78, 5) is 4.66. The van der Waals surface area contributed by atoms with Crippen LogP contribution in [0.5, 0.6) is 5.75 Å². The van der Waals surface area contributed by atoms with Crippen molar-refractivity contribution in [1.29, 1.82) is 0 Å². The molecule has 2 rings (SSSR count). The molecule has 0 aliphatic carbocycles. The molecule has 4 nitrogen and oxygen atoms in total. The largest absolute Gasteiger partial charge is 0.496 e. The van der Waals surface area contributed by atoms with Crippen LogP contribution in [0.25, 0.3) is 0 Å². The number of likely N-dealkylation sites (tertiary alicyclic amines) is 1. The average molecular weight is 357 g/mol. The SMILES string of the molecule is COc1ccc(CN2CC[C@@H](N(C)C)[C@@H](CO)C2)cc1Br. The van der Waals surface area contributed by atoms with Gasteiger partial charge in [0.1, 0.15) is 5.75 Å². The summed E-state index contributed by atoms with van der Waals surface area (Å²) in [6.45, 7) is 3.19. The van der Waals surface area contributed by atoms with Crippen molar-refractivity contribution in [3.8, 4) is 5.75 Å². The van der Waals surface area contributed by atoms with E-state index in [0.29, 0.717) is 12.0 Å². The zero-order chi connectivity index (χ0) is 15.4.